The lowest BCUT2D eigenvalue weighted by molar-refractivity contribution is 0.404. The molecule has 1 aromatic rings. The van der Waals surface area contributed by atoms with E-state index in [0.717, 1.165) is 31.6 Å². The summed E-state index contributed by atoms with van der Waals surface area (Å²) in [5, 5.41) is 0. The van der Waals surface area contributed by atoms with Crippen molar-refractivity contribution in [1.29, 1.82) is 0 Å². The first-order valence-corrected chi connectivity index (χ1v) is 6.48. The second-order valence-electron chi connectivity index (χ2n) is 4.88. The third-order valence-corrected chi connectivity index (χ3v) is 3.20. The normalized spacial score (nSPS) is 10.9. The summed E-state index contributed by atoms with van der Waals surface area (Å²) in [5.41, 5.74) is 9.56. The van der Waals surface area contributed by atoms with Crippen LogP contribution in [-0.4, -0.2) is 13.7 Å². The van der Waals surface area contributed by atoms with E-state index in [9.17, 15) is 0 Å². The Hall–Kier alpha value is -1.02. The van der Waals surface area contributed by atoms with Crippen LogP contribution in [0.25, 0.3) is 0 Å². The molecule has 0 amide bonds. The van der Waals surface area contributed by atoms with Gasteiger partial charge in [0.05, 0.1) is 7.11 Å². The summed E-state index contributed by atoms with van der Waals surface area (Å²) in [6.45, 7) is 7.34. The molecule has 2 heteroatoms. The molecule has 0 radical (unpaired) electrons. The summed E-state index contributed by atoms with van der Waals surface area (Å²) in [5.74, 6) is 1.60. The van der Waals surface area contributed by atoms with Crippen LogP contribution in [0.5, 0.6) is 5.75 Å². The molecule has 0 atom stereocenters. The first-order chi connectivity index (χ1) is 8.11. The van der Waals surface area contributed by atoms with Crippen molar-refractivity contribution in [2.75, 3.05) is 13.7 Å². The summed E-state index contributed by atoms with van der Waals surface area (Å²) in [4.78, 5) is 0. The lowest BCUT2D eigenvalue weighted by Gasteiger charge is -2.18. The van der Waals surface area contributed by atoms with Crippen LogP contribution in [0.2, 0.25) is 0 Å². The van der Waals surface area contributed by atoms with Crippen molar-refractivity contribution in [1.82, 2.24) is 0 Å². The van der Waals surface area contributed by atoms with E-state index in [4.69, 9.17) is 10.5 Å². The first-order valence-electron chi connectivity index (χ1n) is 6.48. The van der Waals surface area contributed by atoms with E-state index in [-0.39, 0.29) is 0 Å². The molecule has 0 bridgehead atoms. The number of hydrogen-bond acceptors (Lipinski definition) is 2. The van der Waals surface area contributed by atoms with Crippen molar-refractivity contribution in [2.24, 2.45) is 5.73 Å². The number of benzene rings is 1. The third-order valence-electron chi connectivity index (χ3n) is 3.20. The molecular weight excluding hydrogens is 210 g/mol. The molecule has 17 heavy (non-hydrogen) atoms. The highest BCUT2D eigenvalue weighted by Crippen LogP contribution is 2.32. The summed E-state index contributed by atoms with van der Waals surface area (Å²) < 4.78 is 5.57. The number of hydrogen-bond donors (Lipinski definition) is 1. The molecule has 0 aliphatic heterocycles. The molecule has 0 aromatic heterocycles. The summed E-state index contributed by atoms with van der Waals surface area (Å²) >= 11 is 0. The monoisotopic (exact) mass is 235 g/mol. The van der Waals surface area contributed by atoms with Crippen molar-refractivity contribution in [3.63, 3.8) is 0 Å². The van der Waals surface area contributed by atoms with Crippen molar-refractivity contribution in [3.8, 4) is 5.75 Å². The minimum Gasteiger partial charge on any atom is -0.496 e. The number of nitrogens with two attached hydrogens (primary N) is 1. The molecule has 2 N–H and O–H groups in total. The Morgan fingerprint density at radius 3 is 2.47 bits per heavy atom. The Morgan fingerprint density at radius 2 is 1.94 bits per heavy atom. The molecule has 2 nitrogen and oxygen atoms in total. The Balaban J connectivity index is 3.05. The van der Waals surface area contributed by atoms with Gasteiger partial charge < -0.3 is 10.5 Å². The standard InChI is InChI=1S/C15H25NO/c1-11(2)13-9-8-12(3)15(17-4)14(13)7-5-6-10-16/h8-9,11H,5-7,10,16H2,1-4H3. The zero-order chi connectivity index (χ0) is 12.8. The topological polar surface area (TPSA) is 35.2 Å². The fourth-order valence-corrected chi connectivity index (χ4v) is 2.29. The zero-order valence-electron chi connectivity index (χ0n) is 11.5. The van der Waals surface area contributed by atoms with Gasteiger partial charge in [-0.05, 0) is 55.3 Å². The Kier molecular flexibility index (Phi) is 5.49. The maximum Gasteiger partial charge on any atom is 0.125 e. The van der Waals surface area contributed by atoms with Gasteiger partial charge in [-0.2, -0.15) is 0 Å². The lowest BCUT2D eigenvalue weighted by Crippen LogP contribution is -2.04. The quantitative estimate of drug-likeness (QED) is 0.767. The molecular formula is C15H25NO. The summed E-state index contributed by atoms with van der Waals surface area (Å²) in [6.07, 6.45) is 3.28. The van der Waals surface area contributed by atoms with Crippen molar-refractivity contribution in [2.45, 2.75) is 46.0 Å². The minimum absolute atomic E-state index is 0.539. The number of aryl methyl sites for hydroxylation is 1. The van der Waals surface area contributed by atoms with E-state index < -0.39 is 0 Å². The van der Waals surface area contributed by atoms with Crippen LogP contribution in [-0.2, 0) is 6.42 Å². The van der Waals surface area contributed by atoms with E-state index in [1.54, 1.807) is 7.11 Å². The maximum atomic E-state index is 5.57. The van der Waals surface area contributed by atoms with Gasteiger partial charge in [-0.15, -0.1) is 0 Å². The number of rotatable bonds is 6. The molecule has 0 aliphatic carbocycles. The summed E-state index contributed by atoms with van der Waals surface area (Å²) in [6, 6.07) is 4.39. The largest absolute Gasteiger partial charge is 0.496 e. The predicted octanol–water partition coefficient (Wildman–Crippen LogP) is 3.41. The third kappa shape index (κ3) is 3.47. The van der Waals surface area contributed by atoms with Crippen molar-refractivity contribution >= 4 is 0 Å². The van der Waals surface area contributed by atoms with Gasteiger partial charge in [0.2, 0.25) is 0 Å². The van der Waals surface area contributed by atoms with Crippen LogP contribution in [0.1, 0.15) is 49.3 Å². The van der Waals surface area contributed by atoms with Gasteiger partial charge in [-0.25, -0.2) is 0 Å². The fraction of sp³-hybridized carbons (Fsp3) is 0.600. The van der Waals surface area contributed by atoms with Gasteiger partial charge in [-0.1, -0.05) is 26.0 Å². The van der Waals surface area contributed by atoms with Crippen LogP contribution < -0.4 is 10.5 Å². The van der Waals surface area contributed by atoms with E-state index in [1.807, 2.05) is 0 Å². The van der Waals surface area contributed by atoms with Gasteiger partial charge in [0, 0.05) is 0 Å². The van der Waals surface area contributed by atoms with Gasteiger partial charge in [0.1, 0.15) is 5.75 Å². The Labute approximate surface area is 105 Å². The Bertz CT molecular complexity index is 358. The van der Waals surface area contributed by atoms with Gasteiger partial charge in [0.15, 0.2) is 0 Å². The lowest BCUT2D eigenvalue weighted by atomic mass is 9.91. The molecule has 96 valence electrons. The van der Waals surface area contributed by atoms with Crippen molar-refractivity contribution < 1.29 is 4.74 Å². The van der Waals surface area contributed by atoms with Crippen LogP contribution in [0.3, 0.4) is 0 Å². The van der Waals surface area contributed by atoms with Gasteiger partial charge >= 0.3 is 0 Å². The first kappa shape index (κ1) is 14.0. The van der Waals surface area contributed by atoms with Crippen LogP contribution in [0.4, 0.5) is 0 Å². The average molecular weight is 235 g/mol. The molecule has 0 unspecified atom stereocenters. The average Bonchev–Trinajstić information content (AvgIpc) is 2.29. The van der Waals surface area contributed by atoms with Crippen LogP contribution >= 0.6 is 0 Å². The molecule has 0 saturated carbocycles. The smallest absolute Gasteiger partial charge is 0.125 e. The highest BCUT2D eigenvalue weighted by atomic mass is 16.5. The minimum atomic E-state index is 0.539. The molecule has 0 fully saturated rings. The molecule has 1 aromatic carbocycles. The van der Waals surface area contributed by atoms with Gasteiger partial charge in [-0.3, -0.25) is 0 Å². The number of methoxy groups -OCH3 is 1. The zero-order valence-corrected chi connectivity index (χ0v) is 11.5. The molecule has 0 heterocycles. The second-order valence-corrected chi connectivity index (χ2v) is 4.88. The Morgan fingerprint density at radius 1 is 1.24 bits per heavy atom. The van der Waals surface area contributed by atoms with Crippen molar-refractivity contribution in [3.05, 3.63) is 28.8 Å². The SMILES string of the molecule is COc1c(C)ccc(C(C)C)c1CCCCN. The highest BCUT2D eigenvalue weighted by Gasteiger charge is 2.13. The molecule has 0 aliphatic rings. The predicted molar refractivity (Wildman–Crippen MR) is 73.8 cm³/mol. The van der Waals surface area contributed by atoms with E-state index >= 15 is 0 Å². The van der Waals surface area contributed by atoms with Crippen LogP contribution in [0, 0.1) is 6.92 Å². The van der Waals surface area contributed by atoms with E-state index in [1.165, 1.54) is 16.7 Å². The highest BCUT2D eigenvalue weighted by molar-refractivity contribution is 5.47. The van der Waals surface area contributed by atoms with E-state index in [0.29, 0.717) is 5.92 Å². The molecule has 0 saturated heterocycles. The number of unbranched alkanes of at least 4 members (excludes halogenated alkanes) is 1. The second kappa shape index (κ2) is 6.65. The van der Waals surface area contributed by atoms with E-state index in [2.05, 4.69) is 32.9 Å². The fourth-order valence-electron chi connectivity index (χ4n) is 2.29. The van der Waals surface area contributed by atoms with Crippen LogP contribution in [0.15, 0.2) is 12.1 Å². The molecule has 0 spiro atoms. The number of ether oxygens (including phenoxy) is 1. The molecule has 1 rings (SSSR count). The van der Waals surface area contributed by atoms with Gasteiger partial charge in [0.25, 0.3) is 0 Å². The maximum absolute atomic E-state index is 5.57. The summed E-state index contributed by atoms with van der Waals surface area (Å²) in [7, 11) is 1.76.